The summed E-state index contributed by atoms with van der Waals surface area (Å²) >= 11 is 4.25. The van der Waals surface area contributed by atoms with Crippen molar-refractivity contribution in [2.45, 2.75) is 26.7 Å². The number of aromatic nitrogens is 2. The van der Waals surface area contributed by atoms with E-state index in [0.717, 1.165) is 62.8 Å². The second-order valence-corrected chi connectivity index (χ2v) is 19.2. The summed E-state index contributed by atoms with van der Waals surface area (Å²) in [5.74, 6) is 0.363. The summed E-state index contributed by atoms with van der Waals surface area (Å²) < 4.78 is 54.5. The highest BCUT2D eigenvalue weighted by atomic mass is 32.2. The second kappa shape index (κ2) is 9.21. The lowest BCUT2D eigenvalue weighted by molar-refractivity contribution is 0.595. The van der Waals surface area contributed by atoms with Gasteiger partial charge in [0.15, 0.2) is 0 Å². The smallest absolute Gasteiger partial charge is 0.273 e. The summed E-state index contributed by atoms with van der Waals surface area (Å²) in [5, 5.41) is 3.43. The second-order valence-electron chi connectivity index (χ2n) is 10.9. The van der Waals surface area contributed by atoms with Crippen molar-refractivity contribution in [3.8, 4) is 0 Å². The fourth-order valence-corrected chi connectivity index (χ4v) is 11.4. The first kappa shape index (κ1) is 27.4. The first-order valence-electron chi connectivity index (χ1n) is 13.9. The standard InChI is InChI=1S/C30H24N2O6S5/c1-3-42(35,36)9-7-15-11-21-23(39-15)13-19-17-5-6-18-20-14-24-22(12-16(40-24)8-10-43(37,38)4-2)32(20)30(34)28-26(18)25(17)27(41-28)29(33)31(19)21/h5-6,11-14H,3-4,7-10H2,1-2H3. The number of benzene rings is 1. The largest absolute Gasteiger partial charge is 0.274 e. The summed E-state index contributed by atoms with van der Waals surface area (Å²) in [6.45, 7) is 3.29. The highest BCUT2D eigenvalue weighted by molar-refractivity contribution is 7.91. The fourth-order valence-electron chi connectivity index (χ4n) is 6.18. The maximum atomic E-state index is 14.0. The van der Waals surface area contributed by atoms with Gasteiger partial charge in [0.05, 0.1) is 43.0 Å². The van der Waals surface area contributed by atoms with Crippen molar-refractivity contribution in [3.63, 3.8) is 0 Å². The minimum absolute atomic E-state index is 0.0770. The molecule has 8 rings (SSSR count). The molecule has 0 saturated heterocycles. The van der Waals surface area contributed by atoms with Crippen molar-refractivity contribution in [1.82, 2.24) is 8.80 Å². The van der Waals surface area contributed by atoms with Gasteiger partial charge in [-0.2, -0.15) is 0 Å². The summed E-state index contributed by atoms with van der Waals surface area (Å²) in [6, 6.07) is 11.9. The molecule has 0 spiro atoms. The van der Waals surface area contributed by atoms with Gasteiger partial charge in [0, 0.05) is 42.8 Å². The van der Waals surface area contributed by atoms with E-state index in [1.165, 1.54) is 34.0 Å². The van der Waals surface area contributed by atoms with Gasteiger partial charge in [-0.25, -0.2) is 16.8 Å². The van der Waals surface area contributed by atoms with Crippen LogP contribution in [0.25, 0.3) is 62.4 Å². The Morgan fingerprint density at radius 1 is 0.605 bits per heavy atom. The molecule has 0 fully saturated rings. The van der Waals surface area contributed by atoms with Crippen LogP contribution in [0.5, 0.6) is 0 Å². The number of sulfone groups is 2. The first-order valence-corrected chi connectivity index (χ1v) is 20.0. The molecule has 0 saturated carbocycles. The van der Waals surface area contributed by atoms with Gasteiger partial charge in [0.1, 0.15) is 29.1 Å². The van der Waals surface area contributed by atoms with E-state index >= 15 is 0 Å². The molecule has 8 aromatic rings. The zero-order chi connectivity index (χ0) is 30.0. The van der Waals surface area contributed by atoms with E-state index in [-0.39, 0.29) is 34.1 Å². The van der Waals surface area contributed by atoms with E-state index in [4.69, 9.17) is 0 Å². The molecular weight excluding hydrogens is 645 g/mol. The molecule has 13 heteroatoms. The normalized spacial score (nSPS) is 13.5. The van der Waals surface area contributed by atoms with Crippen LogP contribution in [0.1, 0.15) is 23.6 Å². The zero-order valence-electron chi connectivity index (χ0n) is 23.1. The number of rotatable bonds is 8. The number of aryl methyl sites for hydroxylation is 2. The van der Waals surface area contributed by atoms with Gasteiger partial charge < -0.3 is 0 Å². The van der Waals surface area contributed by atoms with Crippen LogP contribution >= 0.6 is 34.0 Å². The van der Waals surface area contributed by atoms with E-state index in [1.807, 2.05) is 36.4 Å². The van der Waals surface area contributed by atoms with Crippen LogP contribution in [0.15, 0.2) is 46.0 Å². The molecule has 8 nitrogen and oxygen atoms in total. The summed E-state index contributed by atoms with van der Waals surface area (Å²) in [6.07, 6.45) is 0.819. The van der Waals surface area contributed by atoms with Crippen LogP contribution in [0.2, 0.25) is 0 Å². The number of fused-ring (bicyclic) bond motifs is 8. The van der Waals surface area contributed by atoms with Gasteiger partial charge in [-0.3, -0.25) is 18.4 Å². The molecule has 0 N–H and O–H groups in total. The third-order valence-electron chi connectivity index (χ3n) is 8.49. The molecule has 0 bridgehead atoms. The summed E-state index contributed by atoms with van der Waals surface area (Å²) in [4.78, 5) is 29.9. The molecule has 0 atom stereocenters. The molecule has 0 unspecified atom stereocenters. The van der Waals surface area contributed by atoms with Crippen molar-refractivity contribution in [1.29, 1.82) is 0 Å². The first-order chi connectivity index (χ1) is 20.5. The monoisotopic (exact) mass is 668 g/mol. The van der Waals surface area contributed by atoms with Crippen molar-refractivity contribution >= 4 is 116 Å². The Kier molecular flexibility index (Phi) is 5.88. The van der Waals surface area contributed by atoms with Gasteiger partial charge in [0.25, 0.3) is 11.1 Å². The average Bonchev–Trinajstić information content (AvgIpc) is 3.78. The maximum absolute atomic E-state index is 14.0. The molecule has 220 valence electrons. The van der Waals surface area contributed by atoms with E-state index in [9.17, 15) is 26.4 Å². The lowest BCUT2D eigenvalue weighted by Crippen LogP contribution is -2.12. The van der Waals surface area contributed by atoms with Crippen LogP contribution in [0, 0.1) is 0 Å². The van der Waals surface area contributed by atoms with E-state index in [2.05, 4.69) is 0 Å². The molecule has 7 heterocycles. The number of nitrogens with zero attached hydrogens (tertiary/aromatic N) is 2. The molecule has 0 amide bonds. The van der Waals surface area contributed by atoms with Crippen LogP contribution in [-0.4, -0.2) is 48.6 Å². The third-order valence-corrected chi connectivity index (χ3v) is 15.3. The van der Waals surface area contributed by atoms with Crippen molar-refractivity contribution in [3.05, 3.63) is 66.9 Å². The predicted molar refractivity (Wildman–Crippen MR) is 180 cm³/mol. The van der Waals surface area contributed by atoms with Gasteiger partial charge >= 0.3 is 0 Å². The Labute approximate surface area is 256 Å². The Balaban J connectivity index is 1.34. The minimum Gasteiger partial charge on any atom is -0.274 e. The highest BCUT2D eigenvalue weighted by Gasteiger charge is 2.25. The summed E-state index contributed by atoms with van der Waals surface area (Å²) in [7, 11) is -6.20. The summed E-state index contributed by atoms with van der Waals surface area (Å²) in [5.41, 5.74) is 2.72. The molecule has 0 radical (unpaired) electrons. The lowest BCUT2D eigenvalue weighted by Gasteiger charge is -2.06. The van der Waals surface area contributed by atoms with Crippen LogP contribution in [0.4, 0.5) is 0 Å². The van der Waals surface area contributed by atoms with Crippen LogP contribution < -0.4 is 11.1 Å². The molecule has 43 heavy (non-hydrogen) atoms. The topological polar surface area (TPSA) is 111 Å². The molecular formula is C30H24N2O6S5. The Morgan fingerprint density at radius 2 is 1.02 bits per heavy atom. The highest BCUT2D eigenvalue weighted by Crippen LogP contribution is 2.43. The number of hydrogen-bond donors (Lipinski definition) is 0. The lowest BCUT2D eigenvalue weighted by atomic mass is 10.0. The fraction of sp³-hybridized carbons (Fsp3) is 0.267. The minimum atomic E-state index is -3.10. The van der Waals surface area contributed by atoms with E-state index in [0.29, 0.717) is 22.2 Å². The molecule has 1 aromatic carbocycles. The van der Waals surface area contributed by atoms with Crippen LogP contribution in [0.3, 0.4) is 0 Å². The van der Waals surface area contributed by atoms with Crippen molar-refractivity contribution < 1.29 is 16.8 Å². The van der Waals surface area contributed by atoms with Crippen molar-refractivity contribution in [2.24, 2.45) is 0 Å². The molecule has 7 aromatic heterocycles. The quantitative estimate of drug-likeness (QED) is 0.192. The van der Waals surface area contributed by atoms with Crippen molar-refractivity contribution in [2.75, 3.05) is 23.0 Å². The predicted octanol–water partition coefficient (Wildman–Crippen LogP) is 5.69. The van der Waals surface area contributed by atoms with Gasteiger partial charge in [-0.05, 0) is 37.1 Å². The van der Waals surface area contributed by atoms with E-state index in [1.54, 1.807) is 22.6 Å². The Morgan fingerprint density at radius 3 is 1.42 bits per heavy atom. The SMILES string of the molecule is CCS(=O)(=O)CCc1cc2c(cc3c4ccc5c6c(sc(c(=O)n23)c46)c(=O)n2c3cc(CCS(=O)(=O)CC)sc3cc52)s1. The maximum Gasteiger partial charge on any atom is 0.273 e. The molecule has 0 aliphatic rings. The van der Waals surface area contributed by atoms with Gasteiger partial charge in [-0.1, -0.05) is 26.0 Å². The number of pyridine rings is 2. The Bertz CT molecular complexity index is 2590. The van der Waals surface area contributed by atoms with E-state index < -0.39 is 19.7 Å². The average molecular weight is 669 g/mol. The van der Waals surface area contributed by atoms with Gasteiger partial charge in [0.2, 0.25) is 0 Å². The molecule has 0 aliphatic heterocycles. The van der Waals surface area contributed by atoms with Gasteiger partial charge in [-0.15, -0.1) is 34.0 Å². The Hall–Kier alpha value is -3.10. The van der Waals surface area contributed by atoms with Crippen LogP contribution in [-0.2, 0) is 32.5 Å². The third kappa shape index (κ3) is 3.94. The zero-order valence-corrected chi connectivity index (χ0v) is 27.2. The number of hydrogen-bond acceptors (Lipinski definition) is 9. The molecule has 0 aliphatic carbocycles. The number of thiophene rings is 3.